The Morgan fingerprint density at radius 1 is 0.824 bits per heavy atom. The molecule has 0 heterocycles. The number of hydrogen-bond acceptors (Lipinski definition) is 0. The second kappa shape index (κ2) is 3.89. The van der Waals surface area contributed by atoms with Crippen LogP contribution in [0.4, 0.5) is 0 Å². The Balaban J connectivity index is 2.31. The molecule has 0 fully saturated rings. The van der Waals surface area contributed by atoms with E-state index in [0.717, 1.165) is 0 Å². The second-order valence-corrected chi connectivity index (χ2v) is 4.92. The molecule has 0 saturated carbocycles. The summed E-state index contributed by atoms with van der Waals surface area (Å²) in [5.74, 6) is 0.581. The fraction of sp³-hybridized carbons (Fsp3) is 0.176. The Morgan fingerprint density at radius 2 is 1.59 bits per heavy atom. The maximum Gasteiger partial charge on any atom is -0.0105 e. The second-order valence-electron chi connectivity index (χ2n) is 4.92. The fourth-order valence-electron chi connectivity index (χ4n) is 2.40. The van der Waals surface area contributed by atoms with Crippen molar-refractivity contribution in [1.82, 2.24) is 0 Å². The Bertz CT molecular complexity index is 635. The highest BCUT2D eigenvalue weighted by atomic mass is 14.1. The molecule has 0 spiro atoms. The summed E-state index contributed by atoms with van der Waals surface area (Å²) in [6.07, 6.45) is 0. The van der Waals surface area contributed by atoms with Crippen LogP contribution in [-0.4, -0.2) is 0 Å². The normalized spacial score (nSPS) is 11.5. The molecule has 0 aliphatic heterocycles. The van der Waals surface area contributed by atoms with Crippen molar-refractivity contribution in [2.75, 3.05) is 0 Å². The SMILES string of the molecule is CC(C)c1ccc2cc3ccccc3c-2cc1. The Hall–Kier alpha value is -1.82. The first-order chi connectivity index (χ1) is 8.25. The highest BCUT2D eigenvalue weighted by Gasteiger charge is 2.08. The zero-order valence-electron chi connectivity index (χ0n) is 10.3. The number of rotatable bonds is 1. The van der Waals surface area contributed by atoms with E-state index in [1.54, 1.807) is 0 Å². The maximum atomic E-state index is 2.27. The van der Waals surface area contributed by atoms with Crippen molar-refractivity contribution >= 4 is 10.8 Å². The van der Waals surface area contributed by atoms with E-state index in [2.05, 4.69) is 68.4 Å². The zero-order chi connectivity index (χ0) is 11.8. The molecule has 0 saturated heterocycles. The van der Waals surface area contributed by atoms with Gasteiger partial charge in [-0.1, -0.05) is 62.4 Å². The molecular formula is C17H16. The third-order valence-electron chi connectivity index (χ3n) is 3.44. The Morgan fingerprint density at radius 3 is 2.41 bits per heavy atom. The fourth-order valence-corrected chi connectivity index (χ4v) is 2.40. The lowest BCUT2D eigenvalue weighted by atomic mass is 10.1. The minimum atomic E-state index is 0.581. The van der Waals surface area contributed by atoms with E-state index >= 15 is 0 Å². The van der Waals surface area contributed by atoms with Crippen molar-refractivity contribution in [1.29, 1.82) is 0 Å². The van der Waals surface area contributed by atoms with Crippen LogP contribution in [0.1, 0.15) is 25.3 Å². The smallest absolute Gasteiger partial charge is 0.0105 e. The van der Waals surface area contributed by atoms with Crippen molar-refractivity contribution in [2.24, 2.45) is 0 Å². The van der Waals surface area contributed by atoms with Gasteiger partial charge in [0.2, 0.25) is 0 Å². The average molecular weight is 220 g/mol. The third-order valence-corrected chi connectivity index (χ3v) is 3.44. The number of benzene rings is 1. The topological polar surface area (TPSA) is 0 Å². The van der Waals surface area contributed by atoms with Gasteiger partial charge >= 0.3 is 0 Å². The van der Waals surface area contributed by atoms with Crippen LogP contribution in [0.15, 0.2) is 54.6 Å². The minimum Gasteiger partial charge on any atom is -0.0616 e. The Labute approximate surface area is 102 Å². The average Bonchev–Trinajstić information content (AvgIpc) is 2.53. The maximum absolute atomic E-state index is 2.27. The van der Waals surface area contributed by atoms with Gasteiger partial charge in [-0.15, -0.1) is 0 Å². The lowest BCUT2D eigenvalue weighted by Gasteiger charge is -1.99. The summed E-state index contributed by atoms with van der Waals surface area (Å²) in [5.41, 5.74) is 4.08. The van der Waals surface area contributed by atoms with Crippen LogP contribution in [0.3, 0.4) is 0 Å². The van der Waals surface area contributed by atoms with Crippen molar-refractivity contribution < 1.29 is 0 Å². The van der Waals surface area contributed by atoms with Crippen molar-refractivity contribution in [3.8, 4) is 11.1 Å². The molecule has 0 atom stereocenters. The van der Waals surface area contributed by atoms with Crippen LogP contribution in [0.5, 0.6) is 0 Å². The predicted octanol–water partition coefficient (Wildman–Crippen LogP) is 5.07. The summed E-state index contributed by atoms with van der Waals surface area (Å²) in [6, 6.07) is 19.8. The molecule has 1 aromatic carbocycles. The van der Waals surface area contributed by atoms with Gasteiger partial charge in [-0.3, -0.25) is 0 Å². The molecule has 2 aliphatic carbocycles. The van der Waals surface area contributed by atoms with E-state index in [-0.39, 0.29) is 0 Å². The summed E-state index contributed by atoms with van der Waals surface area (Å²) in [7, 11) is 0. The van der Waals surface area contributed by atoms with Crippen LogP contribution < -0.4 is 0 Å². The first-order valence-electron chi connectivity index (χ1n) is 6.17. The monoisotopic (exact) mass is 220 g/mol. The highest BCUT2D eigenvalue weighted by Crippen LogP contribution is 2.33. The van der Waals surface area contributed by atoms with Gasteiger partial charge in [0.15, 0.2) is 0 Å². The number of fused-ring (bicyclic) bond motifs is 3. The molecule has 3 rings (SSSR count). The van der Waals surface area contributed by atoms with E-state index in [1.807, 2.05) is 0 Å². The molecule has 2 aliphatic rings. The van der Waals surface area contributed by atoms with Crippen molar-refractivity contribution in [3.05, 3.63) is 60.2 Å². The lowest BCUT2D eigenvalue weighted by molar-refractivity contribution is 0.868. The van der Waals surface area contributed by atoms with Crippen molar-refractivity contribution in [3.63, 3.8) is 0 Å². The van der Waals surface area contributed by atoms with Gasteiger partial charge in [0.1, 0.15) is 0 Å². The highest BCUT2D eigenvalue weighted by molar-refractivity contribution is 6.02. The largest absolute Gasteiger partial charge is 0.0616 e. The molecule has 17 heavy (non-hydrogen) atoms. The molecule has 84 valence electrons. The summed E-state index contributed by atoms with van der Waals surface area (Å²) in [4.78, 5) is 0. The molecule has 0 radical (unpaired) electrons. The van der Waals surface area contributed by atoms with Gasteiger partial charge in [0.25, 0.3) is 0 Å². The van der Waals surface area contributed by atoms with Gasteiger partial charge < -0.3 is 0 Å². The van der Waals surface area contributed by atoms with Gasteiger partial charge in [-0.2, -0.15) is 0 Å². The van der Waals surface area contributed by atoms with Crippen LogP contribution in [0.2, 0.25) is 0 Å². The molecule has 0 N–H and O–H groups in total. The summed E-state index contributed by atoms with van der Waals surface area (Å²) >= 11 is 0. The summed E-state index contributed by atoms with van der Waals surface area (Å²) < 4.78 is 0. The van der Waals surface area contributed by atoms with Crippen LogP contribution in [0, 0.1) is 0 Å². The van der Waals surface area contributed by atoms with E-state index in [1.165, 1.54) is 27.5 Å². The summed E-state index contributed by atoms with van der Waals surface area (Å²) in [5, 5.41) is 2.69. The third kappa shape index (κ3) is 1.70. The van der Waals surface area contributed by atoms with Gasteiger partial charge in [-0.25, -0.2) is 0 Å². The van der Waals surface area contributed by atoms with E-state index in [0.29, 0.717) is 5.92 Å². The van der Waals surface area contributed by atoms with Crippen molar-refractivity contribution in [2.45, 2.75) is 19.8 Å². The zero-order valence-corrected chi connectivity index (χ0v) is 10.3. The van der Waals surface area contributed by atoms with E-state index in [9.17, 15) is 0 Å². The molecule has 0 amide bonds. The minimum absolute atomic E-state index is 0.581. The molecule has 1 aromatic rings. The lowest BCUT2D eigenvalue weighted by Crippen LogP contribution is -1.81. The molecule has 0 aromatic heterocycles. The quantitative estimate of drug-likeness (QED) is 0.537. The van der Waals surface area contributed by atoms with Crippen LogP contribution in [-0.2, 0) is 0 Å². The first kappa shape index (κ1) is 10.3. The number of hydrogen-bond donors (Lipinski definition) is 0. The molecular weight excluding hydrogens is 204 g/mol. The predicted molar refractivity (Wildman–Crippen MR) is 74.7 cm³/mol. The first-order valence-corrected chi connectivity index (χ1v) is 6.17. The summed E-state index contributed by atoms with van der Waals surface area (Å²) in [6.45, 7) is 4.47. The van der Waals surface area contributed by atoms with Gasteiger partial charge in [0.05, 0.1) is 0 Å². The Kier molecular flexibility index (Phi) is 2.36. The molecule has 0 heteroatoms. The van der Waals surface area contributed by atoms with E-state index in [4.69, 9.17) is 0 Å². The van der Waals surface area contributed by atoms with E-state index < -0.39 is 0 Å². The molecule has 0 unspecified atom stereocenters. The molecule has 0 bridgehead atoms. The standard InChI is InChI=1S/C17H16/c1-12(2)13-7-8-15-11-14-5-3-4-6-16(14)17(15)10-9-13/h3-12H,1-2H3. The van der Waals surface area contributed by atoms with Gasteiger partial charge in [-0.05, 0) is 39.4 Å². The van der Waals surface area contributed by atoms with Crippen LogP contribution >= 0.6 is 0 Å². The van der Waals surface area contributed by atoms with Gasteiger partial charge in [0, 0.05) is 0 Å². The van der Waals surface area contributed by atoms with Crippen LogP contribution in [0.25, 0.3) is 21.9 Å². The molecule has 0 nitrogen and oxygen atoms in total.